The van der Waals surface area contributed by atoms with Crippen LogP contribution in [0.25, 0.3) is 10.9 Å². The molecule has 4 rings (SSSR count). The van der Waals surface area contributed by atoms with Crippen molar-refractivity contribution in [3.8, 4) is 17.6 Å². The molecular weight excluding hydrogens is 584 g/mol. The normalized spacial score (nSPS) is 15.6. The first-order valence-corrected chi connectivity index (χ1v) is 16.2. The number of anilines is 2. The number of sulfone groups is 1. The number of methoxy groups -OCH3 is 1. The molecule has 1 saturated heterocycles. The van der Waals surface area contributed by atoms with Crippen LogP contribution < -0.4 is 15.4 Å². The molecule has 1 aliphatic heterocycles. The van der Waals surface area contributed by atoms with Gasteiger partial charge in [0.15, 0.2) is 9.84 Å². The second-order valence-electron chi connectivity index (χ2n) is 11.0. The van der Waals surface area contributed by atoms with Gasteiger partial charge in [-0.15, -0.1) is 0 Å². The number of halogens is 4. The molecule has 7 nitrogen and oxygen atoms in total. The Hall–Kier alpha value is -3.43. The van der Waals surface area contributed by atoms with Crippen LogP contribution >= 0.6 is 0 Å². The Bertz CT molecular complexity index is 1600. The van der Waals surface area contributed by atoms with E-state index in [9.17, 15) is 26.0 Å². The minimum absolute atomic E-state index is 0.0383. The Morgan fingerprint density at radius 2 is 1.84 bits per heavy atom. The number of nitrogens with zero attached hydrogens (tertiary/aromatic N) is 2. The van der Waals surface area contributed by atoms with Gasteiger partial charge in [0, 0.05) is 48.6 Å². The lowest BCUT2D eigenvalue weighted by atomic mass is 10.0. The number of aromatic nitrogens is 1. The molecule has 2 N–H and O–H groups in total. The van der Waals surface area contributed by atoms with Crippen LogP contribution in [0, 0.1) is 17.7 Å². The molecule has 0 spiro atoms. The molecule has 1 aromatic heterocycles. The Morgan fingerprint density at radius 1 is 1.12 bits per heavy atom. The zero-order valence-electron chi connectivity index (χ0n) is 24.8. The molecule has 43 heavy (non-hydrogen) atoms. The molecule has 0 aliphatic carbocycles. The molecule has 2 heterocycles. The fraction of sp³-hybridized carbons (Fsp3) is 0.484. The summed E-state index contributed by atoms with van der Waals surface area (Å²) in [6.07, 6.45) is 0.480. The lowest BCUT2D eigenvalue weighted by molar-refractivity contribution is -0.140. The highest BCUT2D eigenvalue weighted by molar-refractivity contribution is 7.90. The van der Waals surface area contributed by atoms with E-state index in [0.717, 1.165) is 55.7 Å². The van der Waals surface area contributed by atoms with Crippen LogP contribution in [0.4, 0.5) is 28.9 Å². The molecule has 234 valence electrons. The van der Waals surface area contributed by atoms with Gasteiger partial charge < -0.3 is 24.8 Å². The molecular formula is C31H38F4N4O3S. The van der Waals surface area contributed by atoms with E-state index in [4.69, 9.17) is 4.74 Å². The van der Waals surface area contributed by atoms with Crippen LogP contribution in [-0.2, 0) is 16.4 Å². The molecule has 1 atom stereocenters. The Morgan fingerprint density at radius 3 is 2.47 bits per heavy atom. The van der Waals surface area contributed by atoms with Gasteiger partial charge in [0.25, 0.3) is 0 Å². The highest BCUT2D eigenvalue weighted by Crippen LogP contribution is 2.33. The topological polar surface area (TPSA) is 75.6 Å². The third kappa shape index (κ3) is 8.36. The van der Waals surface area contributed by atoms with Crippen molar-refractivity contribution in [3.05, 3.63) is 47.9 Å². The van der Waals surface area contributed by atoms with E-state index in [1.165, 1.54) is 31.4 Å². The van der Waals surface area contributed by atoms with Crippen LogP contribution in [0.15, 0.2) is 41.3 Å². The van der Waals surface area contributed by atoms with Gasteiger partial charge in [-0.2, -0.15) is 13.2 Å². The second-order valence-corrected chi connectivity index (χ2v) is 13.0. The van der Waals surface area contributed by atoms with Crippen molar-refractivity contribution in [2.45, 2.75) is 69.2 Å². The first kappa shape index (κ1) is 32.5. The third-order valence-electron chi connectivity index (χ3n) is 7.73. The van der Waals surface area contributed by atoms with Gasteiger partial charge in [-0.05, 0) is 62.4 Å². The fourth-order valence-corrected chi connectivity index (χ4v) is 6.16. The van der Waals surface area contributed by atoms with Gasteiger partial charge in [-0.3, -0.25) is 0 Å². The lowest BCUT2D eigenvalue weighted by Crippen LogP contribution is -2.43. The maximum absolute atomic E-state index is 14.8. The van der Waals surface area contributed by atoms with Gasteiger partial charge in [0.1, 0.15) is 18.1 Å². The van der Waals surface area contributed by atoms with Crippen molar-refractivity contribution in [2.24, 2.45) is 0 Å². The molecule has 2 aromatic carbocycles. The summed E-state index contributed by atoms with van der Waals surface area (Å²) in [6.45, 7) is 4.91. The molecule has 0 bridgehead atoms. The summed E-state index contributed by atoms with van der Waals surface area (Å²) < 4.78 is 85.5. The molecule has 3 aromatic rings. The molecule has 0 saturated carbocycles. The summed E-state index contributed by atoms with van der Waals surface area (Å²) in [6, 6.07) is 8.91. The highest BCUT2D eigenvalue weighted by atomic mass is 32.2. The van der Waals surface area contributed by atoms with Gasteiger partial charge in [-0.25, -0.2) is 12.8 Å². The summed E-state index contributed by atoms with van der Waals surface area (Å²) in [7, 11) is -2.04. The summed E-state index contributed by atoms with van der Waals surface area (Å²) in [5, 5.41) is 6.88. The Balaban J connectivity index is 1.58. The van der Waals surface area contributed by atoms with Crippen molar-refractivity contribution >= 4 is 32.1 Å². The molecule has 0 amide bonds. The zero-order chi connectivity index (χ0) is 31.4. The number of likely N-dealkylation sites (tertiary alicyclic amines) is 1. The van der Waals surface area contributed by atoms with Gasteiger partial charge in [-0.1, -0.05) is 19.3 Å². The van der Waals surface area contributed by atoms with Crippen molar-refractivity contribution in [2.75, 3.05) is 43.6 Å². The van der Waals surface area contributed by atoms with E-state index in [-0.39, 0.29) is 34.4 Å². The standard InChI is InChI=1S/C31H38F4N4O3S/c1-5-7-21(2)38-14-11-23(12-15-38)37-28-16-22(32)17-29-26(28)18-24(39(29)20-31(33,34)35)8-6-13-36-27-10-9-25(43(4,40)41)19-30(27)42-3/h9-10,16-19,21,23,36-37H,5,7,11-15,20H2,1-4H3. The van der Waals surface area contributed by atoms with E-state index < -0.39 is 28.4 Å². The van der Waals surface area contributed by atoms with E-state index in [1.54, 1.807) is 6.07 Å². The van der Waals surface area contributed by atoms with Gasteiger partial charge in [0.05, 0.1) is 35.4 Å². The second kappa shape index (κ2) is 13.5. The van der Waals surface area contributed by atoms with Crippen molar-refractivity contribution in [1.29, 1.82) is 0 Å². The van der Waals surface area contributed by atoms with Gasteiger partial charge in [0.2, 0.25) is 0 Å². The highest BCUT2D eigenvalue weighted by Gasteiger charge is 2.30. The lowest BCUT2D eigenvalue weighted by Gasteiger charge is -2.36. The SMILES string of the molecule is CCCC(C)N1CCC(Nc2cc(F)cc3c2cc(C#CCNc2ccc(S(C)(=O)=O)cc2OC)n3CC(F)(F)F)CC1. The number of hydrogen-bond acceptors (Lipinski definition) is 6. The van der Waals surface area contributed by atoms with E-state index in [2.05, 4.69) is 41.2 Å². The fourth-order valence-electron chi connectivity index (χ4n) is 5.52. The van der Waals surface area contributed by atoms with Crippen molar-refractivity contribution < 1.29 is 30.7 Å². The summed E-state index contributed by atoms with van der Waals surface area (Å²) in [4.78, 5) is 2.53. The molecule has 1 fully saturated rings. The van der Waals surface area contributed by atoms with Gasteiger partial charge >= 0.3 is 6.18 Å². The predicted octanol–water partition coefficient (Wildman–Crippen LogP) is 6.28. The summed E-state index contributed by atoms with van der Waals surface area (Å²) >= 11 is 0. The minimum Gasteiger partial charge on any atom is -0.495 e. The first-order valence-electron chi connectivity index (χ1n) is 14.3. The van der Waals surface area contributed by atoms with Crippen LogP contribution in [0.2, 0.25) is 0 Å². The van der Waals surface area contributed by atoms with Crippen molar-refractivity contribution in [3.63, 3.8) is 0 Å². The minimum atomic E-state index is -4.54. The summed E-state index contributed by atoms with van der Waals surface area (Å²) in [5.74, 6) is 5.29. The average Bonchev–Trinajstić information content (AvgIpc) is 3.26. The smallest absolute Gasteiger partial charge is 0.406 e. The van der Waals surface area contributed by atoms with E-state index >= 15 is 0 Å². The number of nitrogens with one attached hydrogen (secondary N) is 2. The quantitative estimate of drug-likeness (QED) is 0.205. The van der Waals surface area contributed by atoms with E-state index in [1.807, 2.05) is 0 Å². The van der Waals surface area contributed by atoms with Crippen LogP contribution in [0.5, 0.6) is 5.75 Å². The van der Waals surface area contributed by atoms with Crippen LogP contribution in [-0.4, -0.2) is 69.1 Å². The number of fused-ring (bicyclic) bond motifs is 1. The number of hydrogen-bond donors (Lipinski definition) is 2. The zero-order valence-corrected chi connectivity index (χ0v) is 25.6. The predicted molar refractivity (Wildman–Crippen MR) is 162 cm³/mol. The molecule has 12 heteroatoms. The Kier molecular flexibility index (Phi) is 10.2. The molecule has 0 radical (unpaired) electrons. The van der Waals surface area contributed by atoms with E-state index in [0.29, 0.717) is 22.8 Å². The number of benzene rings is 2. The average molecular weight is 623 g/mol. The number of ether oxygens (including phenoxy) is 1. The maximum Gasteiger partial charge on any atom is 0.406 e. The first-order chi connectivity index (χ1) is 20.3. The molecule has 1 aliphatic rings. The summed E-state index contributed by atoms with van der Waals surface area (Å²) in [5.41, 5.74) is 1.14. The number of alkyl halides is 3. The Labute approximate surface area is 250 Å². The van der Waals surface area contributed by atoms with Crippen LogP contribution in [0.3, 0.4) is 0 Å². The monoisotopic (exact) mass is 622 g/mol. The van der Waals surface area contributed by atoms with Crippen LogP contribution in [0.1, 0.15) is 45.2 Å². The number of rotatable bonds is 10. The molecule has 1 unspecified atom stereocenters. The largest absolute Gasteiger partial charge is 0.495 e. The third-order valence-corrected chi connectivity index (χ3v) is 8.84. The maximum atomic E-state index is 14.8. The van der Waals surface area contributed by atoms with Crippen molar-refractivity contribution in [1.82, 2.24) is 9.47 Å². The number of piperidine rings is 1.